The van der Waals surface area contributed by atoms with Crippen molar-refractivity contribution in [3.8, 4) is 0 Å². The Labute approximate surface area is 285 Å². The normalized spacial score (nSPS) is 18.3. The fraction of sp³-hybridized carbons (Fsp3) is 0.429. The topological polar surface area (TPSA) is 79.0 Å². The molecule has 0 bridgehead atoms. The van der Waals surface area contributed by atoms with Gasteiger partial charge in [0.1, 0.15) is 23.4 Å². The summed E-state index contributed by atoms with van der Waals surface area (Å²) in [5.41, 5.74) is 1.29. The molecule has 250 valence electrons. The maximum atomic E-state index is 14.8. The number of carbonyl (C=O) groups excluding carboxylic acids is 2. The molecular formula is C35H44Cl2FN3O4S. The molecule has 6 rings (SSSR count). The number of nitrogens with zero attached hydrogens (tertiary/aromatic N) is 2. The van der Waals surface area contributed by atoms with Crippen molar-refractivity contribution in [3.63, 3.8) is 0 Å². The molecule has 1 N–H and O–H groups in total. The quantitative estimate of drug-likeness (QED) is 0.264. The summed E-state index contributed by atoms with van der Waals surface area (Å²) >= 11 is 11.6. The highest BCUT2D eigenvalue weighted by Crippen LogP contribution is 2.42. The van der Waals surface area contributed by atoms with Crippen molar-refractivity contribution < 1.29 is 22.9 Å². The molecule has 1 aliphatic heterocycles. The zero-order valence-corrected chi connectivity index (χ0v) is 29.2. The van der Waals surface area contributed by atoms with Crippen LogP contribution < -0.4 is 9.62 Å². The highest BCUT2D eigenvalue weighted by Gasteiger charge is 2.45. The lowest BCUT2D eigenvalue weighted by Gasteiger charge is -2.43. The number of halogens is 3. The Balaban J connectivity index is 0.000000345. The number of amides is 2. The number of carbonyl (C=O) groups is 2. The molecule has 3 aliphatic rings. The molecule has 3 aromatic rings. The van der Waals surface area contributed by atoms with E-state index in [0.717, 1.165) is 36.3 Å². The van der Waals surface area contributed by atoms with Gasteiger partial charge in [-0.1, -0.05) is 79.5 Å². The zero-order chi connectivity index (χ0) is 33.6. The van der Waals surface area contributed by atoms with Crippen molar-refractivity contribution in [2.75, 3.05) is 31.1 Å². The molecule has 3 unspecified atom stereocenters. The highest BCUT2D eigenvalue weighted by molar-refractivity contribution is 7.87. The molecule has 0 radical (unpaired) electrons. The molecule has 1 saturated heterocycles. The lowest BCUT2D eigenvalue weighted by atomic mass is 10.00. The van der Waals surface area contributed by atoms with Gasteiger partial charge in [-0.05, 0) is 73.6 Å². The molecule has 7 nitrogen and oxygen atoms in total. The van der Waals surface area contributed by atoms with E-state index in [2.05, 4.69) is 5.32 Å². The maximum absolute atomic E-state index is 14.8. The standard InChI is InChI=1S/C24H26ClFN2O3S.C6H5Cl.C3H7NO.C2H6/c25-18-9-7-17(8-10-18)23-14-31-15-24(29)28(23)22(16-5-6-16)13-27(32(30)19-11-12-19)21-4-2-1-3-20(21)26;7-6-4-2-1-3-5-6;1-3(5)4-2;1-2/h1-4,7-10,16,19,22-23H,5-6,11-15H2;1-5H;1-2H3,(H,4,5);1-2H3. The largest absolute Gasteiger partial charge is 0.369 e. The van der Waals surface area contributed by atoms with Crippen molar-refractivity contribution >= 4 is 51.7 Å². The molecule has 11 heteroatoms. The van der Waals surface area contributed by atoms with Crippen LogP contribution in [0.25, 0.3) is 0 Å². The van der Waals surface area contributed by atoms with Crippen molar-refractivity contribution in [1.29, 1.82) is 0 Å². The Kier molecular flexibility index (Phi) is 15.5. The van der Waals surface area contributed by atoms with Gasteiger partial charge >= 0.3 is 0 Å². The van der Waals surface area contributed by atoms with Crippen LogP contribution in [0.5, 0.6) is 0 Å². The van der Waals surface area contributed by atoms with Gasteiger partial charge in [-0.2, -0.15) is 0 Å². The average molecular weight is 693 g/mol. The number of anilines is 1. The van der Waals surface area contributed by atoms with Gasteiger partial charge < -0.3 is 15.0 Å². The van der Waals surface area contributed by atoms with Gasteiger partial charge in [-0.25, -0.2) is 8.60 Å². The van der Waals surface area contributed by atoms with E-state index >= 15 is 0 Å². The van der Waals surface area contributed by atoms with Gasteiger partial charge in [-0.3, -0.25) is 13.9 Å². The monoisotopic (exact) mass is 691 g/mol. The van der Waals surface area contributed by atoms with Crippen LogP contribution in [0, 0.1) is 11.7 Å². The van der Waals surface area contributed by atoms with Crippen LogP contribution in [0.4, 0.5) is 10.1 Å². The predicted octanol–water partition coefficient (Wildman–Crippen LogP) is 7.61. The van der Waals surface area contributed by atoms with Crippen LogP contribution >= 0.6 is 23.2 Å². The molecule has 0 spiro atoms. The lowest BCUT2D eigenvalue weighted by Crippen LogP contribution is -2.54. The summed E-state index contributed by atoms with van der Waals surface area (Å²) in [6.07, 6.45) is 3.78. The van der Waals surface area contributed by atoms with E-state index in [1.807, 2.05) is 73.3 Å². The third-order valence-electron chi connectivity index (χ3n) is 7.49. The fourth-order valence-corrected chi connectivity index (χ4v) is 6.66. The Morgan fingerprint density at radius 1 is 0.978 bits per heavy atom. The van der Waals surface area contributed by atoms with Gasteiger partial charge in [0, 0.05) is 24.0 Å². The van der Waals surface area contributed by atoms with E-state index in [1.165, 1.54) is 13.0 Å². The summed E-state index contributed by atoms with van der Waals surface area (Å²) in [4.78, 5) is 24.7. The summed E-state index contributed by atoms with van der Waals surface area (Å²) in [5, 5.41) is 3.87. The van der Waals surface area contributed by atoms with E-state index in [4.69, 9.17) is 27.9 Å². The number of para-hydroxylation sites is 1. The Bertz CT molecular complexity index is 1410. The minimum atomic E-state index is -1.34. The second-order valence-electron chi connectivity index (χ2n) is 10.9. The van der Waals surface area contributed by atoms with Gasteiger partial charge in [0.05, 0.1) is 36.2 Å². The molecule has 46 heavy (non-hydrogen) atoms. The van der Waals surface area contributed by atoms with Crippen molar-refractivity contribution in [2.45, 2.75) is 63.8 Å². The van der Waals surface area contributed by atoms with Gasteiger partial charge in [0.15, 0.2) is 0 Å². The second kappa shape index (κ2) is 19.0. The van der Waals surface area contributed by atoms with E-state index in [-0.39, 0.29) is 35.8 Å². The van der Waals surface area contributed by atoms with Gasteiger partial charge in [0.2, 0.25) is 11.8 Å². The van der Waals surface area contributed by atoms with E-state index in [9.17, 15) is 18.2 Å². The molecule has 2 amide bonds. The SMILES string of the molecule is CC.CNC(C)=O.Clc1ccccc1.O=C1COCC(c2ccc(Cl)cc2)N1C(CN(c1ccccc1F)S(=O)C1CC1)C1CC1. The Morgan fingerprint density at radius 2 is 1.54 bits per heavy atom. The van der Waals surface area contributed by atoms with Crippen molar-refractivity contribution in [2.24, 2.45) is 5.92 Å². The van der Waals surface area contributed by atoms with Crippen LogP contribution in [0.2, 0.25) is 10.0 Å². The summed E-state index contributed by atoms with van der Waals surface area (Å²) in [7, 11) is 0.263. The predicted molar refractivity (Wildman–Crippen MR) is 186 cm³/mol. The first-order valence-corrected chi connectivity index (χ1v) is 17.6. The number of benzene rings is 3. The van der Waals surface area contributed by atoms with E-state index in [1.54, 1.807) is 29.6 Å². The average Bonchev–Trinajstić information content (AvgIpc) is 3.99. The maximum Gasteiger partial charge on any atom is 0.249 e. The van der Waals surface area contributed by atoms with Gasteiger partial charge in [0.25, 0.3) is 0 Å². The summed E-state index contributed by atoms with van der Waals surface area (Å²) in [6.45, 7) is 6.23. The molecule has 2 saturated carbocycles. The number of hydrogen-bond donors (Lipinski definition) is 1. The fourth-order valence-electron chi connectivity index (χ4n) is 4.85. The third kappa shape index (κ3) is 11.4. The first kappa shape index (κ1) is 37.5. The van der Waals surface area contributed by atoms with E-state index in [0.29, 0.717) is 29.8 Å². The molecule has 0 aromatic heterocycles. The van der Waals surface area contributed by atoms with Crippen molar-refractivity contribution in [3.05, 3.63) is 100 Å². The number of ether oxygens (including phenoxy) is 1. The molecular weight excluding hydrogens is 648 g/mol. The molecule has 1 heterocycles. The zero-order valence-electron chi connectivity index (χ0n) is 26.8. The number of hydrogen-bond acceptors (Lipinski definition) is 4. The smallest absolute Gasteiger partial charge is 0.249 e. The highest BCUT2D eigenvalue weighted by atomic mass is 35.5. The van der Waals surface area contributed by atoms with Crippen LogP contribution in [0.3, 0.4) is 0 Å². The summed E-state index contributed by atoms with van der Waals surface area (Å²) < 4.78 is 35.4. The summed E-state index contributed by atoms with van der Waals surface area (Å²) in [5.74, 6) is -0.167. The molecule has 2 aliphatic carbocycles. The molecule has 3 fully saturated rings. The number of nitrogens with one attached hydrogen (secondary N) is 1. The lowest BCUT2D eigenvalue weighted by molar-refractivity contribution is -0.152. The second-order valence-corrected chi connectivity index (χ2v) is 13.4. The number of rotatable bonds is 8. The van der Waals surface area contributed by atoms with Crippen LogP contribution in [0.15, 0.2) is 78.9 Å². The first-order valence-electron chi connectivity index (χ1n) is 15.7. The van der Waals surface area contributed by atoms with Gasteiger partial charge in [-0.15, -0.1) is 0 Å². The Morgan fingerprint density at radius 3 is 2.04 bits per heavy atom. The van der Waals surface area contributed by atoms with Crippen molar-refractivity contribution in [1.82, 2.24) is 10.2 Å². The van der Waals surface area contributed by atoms with E-state index < -0.39 is 16.8 Å². The Hall–Kier alpha value is -2.98. The van der Waals surface area contributed by atoms with Crippen LogP contribution in [-0.4, -0.2) is 59.0 Å². The molecule has 3 atom stereocenters. The summed E-state index contributed by atoms with van der Waals surface area (Å²) in [6, 6.07) is 23.0. The minimum Gasteiger partial charge on any atom is -0.369 e. The molecule has 3 aromatic carbocycles. The minimum absolute atomic E-state index is 0.00463. The van der Waals surface area contributed by atoms with Crippen LogP contribution in [-0.2, 0) is 25.3 Å². The first-order chi connectivity index (χ1) is 22.2. The number of morpholine rings is 1. The van der Waals surface area contributed by atoms with Crippen LogP contribution in [0.1, 0.15) is 58.1 Å². The third-order valence-corrected chi connectivity index (χ3v) is 9.82.